The van der Waals surface area contributed by atoms with Crippen LogP contribution in [-0.2, 0) is 4.79 Å². The Morgan fingerprint density at radius 2 is 2.36 bits per heavy atom. The molecule has 1 aliphatic rings. The van der Waals surface area contributed by atoms with Gasteiger partial charge in [0.1, 0.15) is 5.75 Å². The van der Waals surface area contributed by atoms with Crippen molar-refractivity contribution in [3.05, 3.63) is 18.2 Å². The number of hydrogen-bond acceptors (Lipinski definition) is 3. The molecule has 0 aromatic heterocycles. The van der Waals surface area contributed by atoms with Gasteiger partial charge >= 0.3 is 0 Å². The van der Waals surface area contributed by atoms with E-state index in [1.54, 1.807) is 18.2 Å². The van der Waals surface area contributed by atoms with E-state index in [2.05, 4.69) is 5.32 Å². The number of rotatable bonds is 0. The zero-order valence-electron chi connectivity index (χ0n) is 7.78. The van der Waals surface area contributed by atoms with Crippen LogP contribution >= 0.6 is 11.8 Å². The van der Waals surface area contributed by atoms with Crippen molar-refractivity contribution in [2.45, 2.75) is 11.8 Å². The normalized spacial score (nSPS) is 20.9. The summed E-state index contributed by atoms with van der Waals surface area (Å²) in [6.45, 7) is 1.88. The quantitative estimate of drug-likeness (QED) is 0.687. The number of benzene rings is 1. The molecule has 0 spiro atoms. The fraction of sp³-hybridized carbons (Fsp3) is 0.300. The van der Waals surface area contributed by atoms with Crippen molar-refractivity contribution >= 4 is 23.4 Å². The molecular formula is C10H11NO2S. The van der Waals surface area contributed by atoms with Crippen LogP contribution in [0.1, 0.15) is 6.92 Å². The first-order valence-electron chi connectivity index (χ1n) is 4.44. The third kappa shape index (κ3) is 1.57. The lowest BCUT2D eigenvalue weighted by Gasteiger charge is -2.06. The minimum absolute atomic E-state index is 0.0156. The lowest BCUT2D eigenvalue weighted by molar-refractivity contribution is -0.118. The largest absolute Gasteiger partial charge is 0.507 e. The Balaban J connectivity index is 2.42. The monoisotopic (exact) mass is 209 g/mol. The van der Waals surface area contributed by atoms with Gasteiger partial charge in [-0.15, -0.1) is 11.8 Å². The highest BCUT2D eigenvalue weighted by molar-refractivity contribution is 7.99. The van der Waals surface area contributed by atoms with Crippen LogP contribution in [0.15, 0.2) is 23.1 Å². The van der Waals surface area contributed by atoms with Gasteiger partial charge in [0, 0.05) is 11.7 Å². The average Bonchev–Trinajstić information content (AvgIpc) is 2.29. The van der Waals surface area contributed by atoms with Crippen molar-refractivity contribution in [3.8, 4) is 5.75 Å². The zero-order valence-corrected chi connectivity index (χ0v) is 8.60. The van der Waals surface area contributed by atoms with Crippen LogP contribution in [0, 0.1) is 5.92 Å². The number of carbonyl (C=O) groups excluding carboxylic acids is 1. The van der Waals surface area contributed by atoms with Crippen LogP contribution in [-0.4, -0.2) is 16.8 Å². The number of hydrogen-bond donors (Lipinski definition) is 2. The van der Waals surface area contributed by atoms with Crippen molar-refractivity contribution in [3.63, 3.8) is 0 Å². The van der Waals surface area contributed by atoms with Crippen LogP contribution in [0.5, 0.6) is 5.75 Å². The van der Waals surface area contributed by atoms with E-state index in [9.17, 15) is 9.90 Å². The molecule has 0 saturated heterocycles. The first-order valence-corrected chi connectivity index (χ1v) is 5.42. The molecule has 2 rings (SSSR count). The lowest BCUT2D eigenvalue weighted by atomic mass is 10.2. The van der Waals surface area contributed by atoms with Gasteiger partial charge in [0.05, 0.1) is 10.6 Å². The number of nitrogens with one attached hydrogen (secondary N) is 1. The summed E-state index contributed by atoms with van der Waals surface area (Å²) < 4.78 is 0. The number of anilines is 1. The SMILES string of the molecule is CC1CSc2c(O)cccc2NC1=O. The molecule has 1 amide bonds. The fourth-order valence-corrected chi connectivity index (χ4v) is 2.37. The van der Waals surface area contributed by atoms with Crippen LogP contribution in [0.3, 0.4) is 0 Å². The molecule has 0 radical (unpaired) electrons. The van der Waals surface area contributed by atoms with Crippen molar-refractivity contribution in [2.24, 2.45) is 5.92 Å². The number of carbonyl (C=O) groups is 1. The highest BCUT2D eigenvalue weighted by atomic mass is 32.2. The van der Waals surface area contributed by atoms with Crippen LogP contribution < -0.4 is 5.32 Å². The topological polar surface area (TPSA) is 49.3 Å². The molecule has 0 bridgehead atoms. The second-order valence-electron chi connectivity index (χ2n) is 3.36. The second-order valence-corrected chi connectivity index (χ2v) is 4.39. The maximum Gasteiger partial charge on any atom is 0.228 e. The molecule has 74 valence electrons. The van der Waals surface area contributed by atoms with Gasteiger partial charge in [-0.2, -0.15) is 0 Å². The van der Waals surface area contributed by atoms with Gasteiger partial charge in [0.15, 0.2) is 0 Å². The van der Waals surface area contributed by atoms with E-state index in [1.807, 2.05) is 6.92 Å². The summed E-state index contributed by atoms with van der Waals surface area (Å²) in [5, 5.41) is 12.4. The highest BCUT2D eigenvalue weighted by Crippen LogP contribution is 2.38. The third-order valence-corrected chi connectivity index (χ3v) is 3.56. The molecule has 1 aromatic rings. The first kappa shape index (κ1) is 9.40. The van der Waals surface area contributed by atoms with E-state index in [4.69, 9.17) is 0 Å². The van der Waals surface area contributed by atoms with E-state index in [0.29, 0.717) is 11.4 Å². The number of amides is 1. The minimum Gasteiger partial charge on any atom is -0.507 e. The molecule has 0 fully saturated rings. The molecule has 1 atom stereocenters. The Morgan fingerprint density at radius 3 is 3.14 bits per heavy atom. The molecule has 2 N–H and O–H groups in total. The molecule has 0 aliphatic carbocycles. The van der Waals surface area contributed by atoms with Crippen LogP contribution in [0.4, 0.5) is 5.69 Å². The molecular weight excluding hydrogens is 198 g/mol. The van der Waals surface area contributed by atoms with E-state index in [-0.39, 0.29) is 17.6 Å². The van der Waals surface area contributed by atoms with Crippen LogP contribution in [0.2, 0.25) is 0 Å². The van der Waals surface area contributed by atoms with Crippen LogP contribution in [0.25, 0.3) is 0 Å². The van der Waals surface area contributed by atoms with Gasteiger partial charge in [0.25, 0.3) is 0 Å². The van der Waals surface area contributed by atoms with Crippen molar-refractivity contribution < 1.29 is 9.90 Å². The summed E-state index contributed by atoms with van der Waals surface area (Å²) in [7, 11) is 0. The molecule has 1 aliphatic heterocycles. The Hall–Kier alpha value is -1.16. The standard InChI is InChI=1S/C10H11NO2S/c1-6-5-14-9-7(11-10(6)13)3-2-4-8(9)12/h2-4,6,12H,5H2,1H3,(H,11,13). The smallest absolute Gasteiger partial charge is 0.228 e. The predicted octanol–water partition coefficient (Wildman–Crippen LogP) is 2.07. The summed E-state index contributed by atoms with van der Waals surface area (Å²) >= 11 is 1.51. The zero-order chi connectivity index (χ0) is 10.1. The van der Waals surface area contributed by atoms with E-state index in [1.165, 1.54) is 11.8 Å². The van der Waals surface area contributed by atoms with Gasteiger partial charge in [0.2, 0.25) is 5.91 Å². The number of phenols is 1. The summed E-state index contributed by atoms with van der Waals surface area (Å²) in [6.07, 6.45) is 0. The molecule has 1 heterocycles. The molecule has 0 saturated carbocycles. The minimum atomic E-state index is -0.0215. The molecule has 14 heavy (non-hydrogen) atoms. The lowest BCUT2D eigenvalue weighted by Crippen LogP contribution is -2.19. The second kappa shape index (κ2) is 3.53. The maximum absolute atomic E-state index is 11.5. The number of thioether (sulfide) groups is 1. The summed E-state index contributed by atoms with van der Waals surface area (Å²) in [5.74, 6) is 0.937. The van der Waals surface area contributed by atoms with E-state index < -0.39 is 0 Å². The molecule has 1 unspecified atom stereocenters. The Bertz CT molecular complexity index is 378. The molecule has 4 heteroatoms. The predicted molar refractivity (Wildman–Crippen MR) is 56.6 cm³/mol. The highest BCUT2D eigenvalue weighted by Gasteiger charge is 2.21. The summed E-state index contributed by atoms with van der Waals surface area (Å²) in [4.78, 5) is 12.3. The summed E-state index contributed by atoms with van der Waals surface area (Å²) in [5.41, 5.74) is 0.712. The number of fused-ring (bicyclic) bond motifs is 1. The number of aromatic hydroxyl groups is 1. The van der Waals surface area contributed by atoms with Gasteiger partial charge in [-0.3, -0.25) is 4.79 Å². The van der Waals surface area contributed by atoms with Crippen molar-refractivity contribution in [2.75, 3.05) is 11.1 Å². The number of phenolic OH excluding ortho intramolecular Hbond substituents is 1. The Kier molecular flexibility index (Phi) is 2.37. The van der Waals surface area contributed by atoms with E-state index in [0.717, 1.165) is 4.90 Å². The van der Waals surface area contributed by atoms with Gasteiger partial charge < -0.3 is 10.4 Å². The Labute approximate surface area is 86.5 Å². The third-order valence-electron chi connectivity index (χ3n) is 2.18. The van der Waals surface area contributed by atoms with Crippen molar-refractivity contribution in [1.82, 2.24) is 0 Å². The molecule has 1 aromatic carbocycles. The van der Waals surface area contributed by atoms with Gasteiger partial charge in [-0.1, -0.05) is 13.0 Å². The van der Waals surface area contributed by atoms with Gasteiger partial charge in [-0.25, -0.2) is 0 Å². The molecule has 3 nitrogen and oxygen atoms in total. The summed E-state index contributed by atoms with van der Waals surface area (Å²) in [6, 6.07) is 5.16. The van der Waals surface area contributed by atoms with E-state index >= 15 is 0 Å². The first-order chi connectivity index (χ1) is 6.68. The Morgan fingerprint density at radius 1 is 1.57 bits per heavy atom. The van der Waals surface area contributed by atoms with Crippen molar-refractivity contribution in [1.29, 1.82) is 0 Å². The average molecular weight is 209 g/mol. The maximum atomic E-state index is 11.5. The van der Waals surface area contributed by atoms with Gasteiger partial charge in [-0.05, 0) is 12.1 Å². The fourth-order valence-electron chi connectivity index (χ4n) is 1.31.